The van der Waals surface area contributed by atoms with Gasteiger partial charge in [0.1, 0.15) is 5.75 Å². The van der Waals surface area contributed by atoms with Gasteiger partial charge in [-0.2, -0.15) is 0 Å². The van der Waals surface area contributed by atoms with Crippen LogP contribution in [-0.2, 0) is 16.1 Å². The number of benzene rings is 3. The molecule has 3 rings (SSSR count). The average Bonchev–Trinajstić information content (AvgIpc) is 2.65. The number of aromatic hydroxyl groups is 1. The minimum absolute atomic E-state index is 0.0106. The number of aliphatic hydroxyl groups is 1. The second kappa shape index (κ2) is 8.62. The summed E-state index contributed by atoms with van der Waals surface area (Å²) in [5.74, 6) is 0.255. The molecule has 0 fully saturated rings. The SMILES string of the molecule is OCCOCCOCc1cc(O)c2ccccc2c1-c1ccccc1. The Bertz CT molecular complexity index is 815. The number of aliphatic hydroxyl groups excluding tert-OH is 1. The highest BCUT2D eigenvalue weighted by atomic mass is 16.5. The number of rotatable bonds is 8. The predicted octanol–water partition coefficient (Wildman–Crippen LogP) is 3.74. The van der Waals surface area contributed by atoms with Gasteiger partial charge in [0.25, 0.3) is 0 Å². The summed E-state index contributed by atoms with van der Waals surface area (Å²) in [6.45, 7) is 1.57. The highest BCUT2D eigenvalue weighted by Gasteiger charge is 2.13. The minimum Gasteiger partial charge on any atom is -0.507 e. The van der Waals surface area contributed by atoms with E-state index in [0.717, 1.165) is 27.5 Å². The number of fused-ring (bicyclic) bond motifs is 1. The van der Waals surface area contributed by atoms with Gasteiger partial charge in [-0.15, -0.1) is 0 Å². The van der Waals surface area contributed by atoms with Crippen molar-refractivity contribution < 1.29 is 19.7 Å². The summed E-state index contributed by atoms with van der Waals surface area (Å²) >= 11 is 0. The summed E-state index contributed by atoms with van der Waals surface area (Å²) in [6.07, 6.45) is 0. The molecule has 0 saturated heterocycles. The number of phenols is 1. The molecule has 3 aromatic rings. The molecule has 2 N–H and O–H groups in total. The summed E-state index contributed by atoms with van der Waals surface area (Å²) in [5, 5.41) is 20.9. The van der Waals surface area contributed by atoms with Gasteiger partial charge >= 0.3 is 0 Å². The van der Waals surface area contributed by atoms with E-state index in [1.54, 1.807) is 6.07 Å². The van der Waals surface area contributed by atoms with Crippen LogP contribution < -0.4 is 0 Å². The van der Waals surface area contributed by atoms with E-state index < -0.39 is 0 Å². The molecule has 0 bridgehead atoms. The van der Waals surface area contributed by atoms with E-state index in [4.69, 9.17) is 14.6 Å². The maximum atomic E-state index is 10.4. The molecule has 130 valence electrons. The van der Waals surface area contributed by atoms with E-state index in [1.807, 2.05) is 42.5 Å². The van der Waals surface area contributed by atoms with E-state index in [0.29, 0.717) is 26.4 Å². The first-order valence-corrected chi connectivity index (χ1v) is 8.36. The fourth-order valence-electron chi connectivity index (χ4n) is 2.94. The number of hydrogen-bond acceptors (Lipinski definition) is 4. The molecular formula is C21H22O4. The molecule has 0 aliphatic heterocycles. The molecule has 4 nitrogen and oxygen atoms in total. The van der Waals surface area contributed by atoms with Crippen LogP contribution in [0.4, 0.5) is 0 Å². The highest BCUT2D eigenvalue weighted by Crippen LogP contribution is 2.37. The van der Waals surface area contributed by atoms with Crippen molar-refractivity contribution in [3.8, 4) is 16.9 Å². The Morgan fingerprint density at radius 2 is 1.44 bits per heavy atom. The van der Waals surface area contributed by atoms with Crippen molar-refractivity contribution in [1.29, 1.82) is 0 Å². The molecule has 0 amide bonds. The van der Waals surface area contributed by atoms with E-state index in [2.05, 4.69) is 12.1 Å². The van der Waals surface area contributed by atoms with Crippen molar-refractivity contribution in [2.75, 3.05) is 26.4 Å². The van der Waals surface area contributed by atoms with Crippen molar-refractivity contribution in [3.05, 3.63) is 66.2 Å². The molecule has 0 aliphatic carbocycles. The lowest BCUT2D eigenvalue weighted by molar-refractivity contribution is 0.0275. The smallest absolute Gasteiger partial charge is 0.123 e. The zero-order valence-electron chi connectivity index (χ0n) is 14.0. The summed E-state index contributed by atoms with van der Waals surface area (Å²) in [6, 6.07) is 19.7. The Hall–Kier alpha value is -2.40. The highest BCUT2D eigenvalue weighted by molar-refractivity contribution is 6.01. The Kier molecular flexibility index (Phi) is 6.01. The molecule has 0 atom stereocenters. The number of ether oxygens (including phenoxy) is 2. The topological polar surface area (TPSA) is 58.9 Å². The quantitative estimate of drug-likeness (QED) is 0.614. The first kappa shape index (κ1) is 17.4. The Labute approximate surface area is 147 Å². The van der Waals surface area contributed by atoms with Crippen LogP contribution in [0.15, 0.2) is 60.7 Å². The average molecular weight is 338 g/mol. The van der Waals surface area contributed by atoms with Crippen LogP contribution in [0.3, 0.4) is 0 Å². The van der Waals surface area contributed by atoms with Gasteiger partial charge in [0.15, 0.2) is 0 Å². The van der Waals surface area contributed by atoms with Gasteiger partial charge in [-0.3, -0.25) is 0 Å². The van der Waals surface area contributed by atoms with Crippen molar-refractivity contribution in [1.82, 2.24) is 0 Å². The first-order chi connectivity index (χ1) is 12.3. The van der Waals surface area contributed by atoms with Crippen LogP contribution in [0.5, 0.6) is 5.75 Å². The summed E-state index contributed by atoms with van der Waals surface area (Å²) in [7, 11) is 0. The van der Waals surface area contributed by atoms with Gasteiger partial charge in [-0.05, 0) is 28.1 Å². The maximum absolute atomic E-state index is 10.4. The third-order valence-corrected chi connectivity index (χ3v) is 4.03. The molecule has 4 heteroatoms. The molecule has 0 aromatic heterocycles. The second-order valence-electron chi connectivity index (χ2n) is 5.73. The normalized spacial score (nSPS) is 11.1. The van der Waals surface area contributed by atoms with Gasteiger partial charge in [0, 0.05) is 5.39 Å². The fraction of sp³-hybridized carbons (Fsp3) is 0.238. The minimum atomic E-state index is 0.0106. The summed E-state index contributed by atoms with van der Waals surface area (Å²) < 4.78 is 10.9. The van der Waals surface area contributed by atoms with Gasteiger partial charge < -0.3 is 19.7 Å². The first-order valence-electron chi connectivity index (χ1n) is 8.36. The molecule has 0 aliphatic rings. The van der Waals surface area contributed by atoms with Crippen molar-refractivity contribution >= 4 is 10.8 Å². The summed E-state index contributed by atoms with van der Waals surface area (Å²) in [5.41, 5.74) is 3.10. The van der Waals surface area contributed by atoms with Crippen LogP contribution in [0.1, 0.15) is 5.56 Å². The lowest BCUT2D eigenvalue weighted by atomic mass is 9.93. The number of hydrogen-bond donors (Lipinski definition) is 2. The van der Waals surface area contributed by atoms with Gasteiger partial charge in [0.2, 0.25) is 0 Å². The largest absolute Gasteiger partial charge is 0.507 e. The standard InChI is InChI=1S/C21H22O4/c22-10-11-24-12-13-25-15-17-14-20(23)18-8-4-5-9-19(18)21(17)16-6-2-1-3-7-16/h1-9,14,22-23H,10-13,15H2. The van der Waals surface area contributed by atoms with Gasteiger partial charge in [0.05, 0.1) is 33.0 Å². The predicted molar refractivity (Wildman–Crippen MR) is 98.6 cm³/mol. The van der Waals surface area contributed by atoms with Gasteiger partial charge in [-0.1, -0.05) is 54.6 Å². The Balaban J connectivity index is 1.91. The monoisotopic (exact) mass is 338 g/mol. The molecule has 0 radical (unpaired) electrons. The second-order valence-corrected chi connectivity index (χ2v) is 5.73. The lowest BCUT2D eigenvalue weighted by Crippen LogP contribution is -2.07. The Morgan fingerprint density at radius 3 is 2.20 bits per heavy atom. The lowest BCUT2D eigenvalue weighted by Gasteiger charge is -2.15. The third kappa shape index (κ3) is 4.17. The van der Waals surface area contributed by atoms with Gasteiger partial charge in [-0.25, -0.2) is 0 Å². The van der Waals surface area contributed by atoms with Crippen LogP contribution in [0.2, 0.25) is 0 Å². The summed E-state index contributed by atoms with van der Waals surface area (Å²) in [4.78, 5) is 0. The van der Waals surface area contributed by atoms with Crippen molar-refractivity contribution in [2.24, 2.45) is 0 Å². The van der Waals surface area contributed by atoms with E-state index in [-0.39, 0.29) is 12.4 Å². The number of phenolic OH excluding ortho intramolecular Hbond substituents is 1. The molecule has 3 aromatic carbocycles. The molecule has 0 spiro atoms. The van der Waals surface area contributed by atoms with E-state index in [1.165, 1.54) is 0 Å². The van der Waals surface area contributed by atoms with Crippen molar-refractivity contribution in [3.63, 3.8) is 0 Å². The maximum Gasteiger partial charge on any atom is 0.123 e. The van der Waals surface area contributed by atoms with Crippen LogP contribution in [-0.4, -0.2) is 36.6 Å². The molecule has 25 heavy (non-hydrogen) atoms. The molecule has 0 saturated carbocycles. The third-order valence-electron chi connectivity index (χ3n) is 4.03. The molecule has 0 unspecified atom stereocenters. The Morgan fingerprint density at radius 1 is 0.760 bits per heavy atom. The zero-order chi connectivity index (χ0) is 17.5. The molecular weight excluding hydrogens is 316 g/mol. The van der Waals surface area contributed by atoms with Crippen LogP contribution in [0, 0.1) is 0 Å². The fourth-order valence-corrected chi connectivity index (χ4v) is 2.94. The van der Waals surface area contributed by atoms with Crippen LogP contribution in [0.25, 0.3) is 21.9 Å². The molecule has 0 heterocycles. The van der Waals surface area contributed by atoms with Crippen LogP contribution >= 0.6 is 0 Å². The van der Waals surface area contributed by atoms with E-state index in [9.17, 15) is 5.11 Å². The van der Waals surface area contributed by atoms with E-state index >= 15 is 0 Å². The zero-order valence-corrected chi connectivity index (χ0v) is 14.0. The van der Waals surface area contributed by atoms with Crippen molar-refractivity contribution in [2.45, 2.75) is 6.61 Å².